The zero-order valence-corrected chi connectivity index (χ0v) is 13.7. The van der Waals surface area contributed by atoms with Crippen molar-refractivity contribution in [2.45, 2.75) is 34.2 Å². The fraction of sp³-hybridized carbons (Fsp3) is 0.353. The summed E-state index contributed by atoms with van der Waals surface area (Å²) in [6, 6.07) is 7.80. The summed E-state index contributed by atoms with van der Waals surface area (Å²) in [4.78, 5) is 4.50. The van der Waals surface area contributed by atoms with Crippen LogP contribution >= 0.6 is 11.6 Å². The Labute approximate surface area is 131 Å². The van der Waals surface area contributed by atoms with E-state index in [0.29, 0.717) is 17.4 Å². The number of aromatic nitrogens is 1. The number of rotatable bonds is 5. The average Bonchev–Trinajstić information content (AvgIpc) is 2.48. The van der Waals surface area contributed by atoms with E-state index in [-0.39, 0.29) is 0 Å². The van der Waals surface area contributed by atoms with Crippen molar-refractivity contribution in [1.82, 2.24) is 10.3 Å². The third-order valence-electron chi connectivity index (χ3n) is 3.52. The number of benzene rings is 1. The maximum absolute atomic E-state index is 6.16. The van der Waals surface area contributed by atoms with Gasteiger partial charge in [0.25, 0.3) is 0 Å². The van der Waals surface area contributed by atoms with Gasteiger partial charge in [-0.15, -0.1) is 0 Å². The van der Waals surface area contributed by atoms with Gasteiger partial charge in [0.1, 0.15) is 5.75 Å². The molecule has 0 fully saturated rings. The Hall–Kier alpha value is -1.58. The normalized spacial score (nSPS) is 10.7. The van der Waals surface area contributed by atoms with E-state index in [4.69, 9.17) is 16.3 Å². The smallest absolute Gasteiger partial charge is 0.219 e. The summed E-state index contributed by atoms with van der Waals surface area (Å²) in [6.07, 6.45) is 0. The molecule has 0 radical (unpaired) electrons. The fourth-order valence-electron chi connectivity index (χ4n) is 2.08. The second-order valence-corrected chi connectivity index (χ2v) is 5.52. The van der Waals surface area contributed by atoms with Gasteiger partial charge in [-0.1, -0.05) is 30.7 Å². The molecule has 4 heteroatoms. The zero-order chi connectivity index (χ0) is 15.4. The van der Waals surface area contributed by atoms with Crippen molar-refractivity contribution < 1.29 is 4.74 Å². The van der Waals surface area contributed by atoms with Gasteiger partial charge in [-0.3, -0.25) is 0 Å². The second-order valence-electron chi connectivity index (χ2n) is 5.11. The molecule has 0 bridgehead atoms. The Kier molecular flexibility index (Phi) is 5.21. The van der Waals surface area contributed by atoms with Crippen LogP contribution in [0.15, 0.2) is 24.3 Å². The van der Waals surface area contributed by atoms with Gasteiger partial charge in [-0.25, -0.2) is 4.98 Å². The molecule has 0 atom stereocenters. The predicted molar refractivity (Wildman–Crippen MR) is 87.4 cm³/mol. The van der Waals surface area contributed by atoms with Gasteiger partial charge in [0.2, 0.25) is 5.88 Å². The molecule has 21 heavy (non-hydrogen) atoms. The molecule has 0 saturated carbocycles. The molecule has 0 aliphatic carbocycles. The molecule has 0 unspecified atom stereocenters. The van der Waals surface area contributed by atoms with Crippen LogP contribution < -0.4 is 10.1 Å². The standard InChI is InChI=1S/C17H21ClN2O/c1-5-19-10-15-14(18)8-9-16(20-15)21-17-12(3)7-6-11(2)13(17)4/h6-9,19H,5,10H2,1-4H3. The summed E-state index contributed by atoms with van der Waals surface area (Å²) < 4.78 is 6.00. The van der Waals surface area contributed by atoms with E-state index < -0.39 is 0 Å². The highest BCUT2D eigenvalue weighted by Gasteiger charge is 2.10. The van der Waals surface area contributed by atoms with Gasteiger partial charge < -0.3 is 10.1 Å². The van der Waals surface area contributed by atoms with Crippen LogP contribution in [0.5, 0.6) is 11.6 Å². The SMILES string of the molecule is CCNCc1nc(Oc2c(C)ccc(C)c2C)ccc1Cl. The van der Waals surface area contributed by atoms with Crippen molar-refractivity contribution in [2.24, 2.45) is 0 Å². The summed E-state index contributed by atoms with van der Waals surface area (Å²) in [5.41, 5.74) is 4.25. The lowest BCUT2D eigenvalue weighted by Gasteiger charge is -2.14. The lowest BCUT2D eigenvalue weighted by molar-refractivity contribution is 0.452. The molecule has 0 aliphatic rings. The monoisotopic (exact) mass is 304 g/mol. The Balaban J connectivity index is 2.30. The number of nitrogens with one attached hydrogen (secondary N) is 1. The van der Waals surface area contributed by atoms with Crippen LogP contribution in [-0.2, 0) is 6.54 Å². The first-order valence-corrected chi connectivity index (χ1v) is 7.51. The summed E-state index contributed by atoms with van der Waals surface area (Å²) in [7, 11) is 0. The van der Waals surface area contributed by atoms with Crippen LogP contribution in [0.4, 0.5) is 0 Å². The number of nitrogens with zero attached hydrogens (tertiary/aromatic N) is 1. The average molecular weight is 305 g/mol. The summed E-state index contributed by atoms with van der Waals surface area (Å²) >= 11 is 6.16. The van der Waals surface area contributed by atoms with E-state index in [1.165, 1.54) is 5.56 Å². The van der Waals surface area contributed by atoms with E-state index >= 15 is 0 Å². The largest absolute Gasteiger partial charge is 0.438 e. The first kappa shape index (κ1) is 15.8. The van der Waals surface area contributed by atoms with E-state index in [0.717, 1.165) is 29.1 Å². The Bertz CT molecular complexity index is 641. The molecule has 1 heterocycles. The Morgan fingerprint density at radius 1 is 1.10 bits per heavy atom. The predicted octanol–water partition coefficient (Wildman–Crippen LogP) is 4.56. The molecular formula is C17H21ClN2O. The molecule has 0 saturated heterocycles. The maximum Gasteiger partial charge on any atom is 0.219 e. The lowest BCUT2D eigenvalue weighted by atomic mass is 10.1. The molecule has 1 N–H and O–H groups in total. The summed E-state index contributed by atoms with van der Waals surface area (Å²) in [5, 5.41) is 3.88. The quantitative estimate of drug-likeness (QED) is 0.879. The third kappa shape index (κ3) is 3.74. The van der Waals surface area contributed by atoms with Crippen molar-refractivity contribution >= 4 is 11.6 Å². The Morgan fingerprint density at radius 3 is 2.52 bits per heavy atom. The number of halogens is 1. The number of aryl methyl sites for hydroxylation is 2. The highest BCUT2D eigenvalue weighted by Crippen LogP contribution is 2.30. The van der Waals surface area contributed by atoms with Gasteiger partial charge in [0.05, 0.1) is 10.7 Å². The molecule has 2 rings (SSSR count). The van der Waals surface area contributed by atoms with Crippen molar-refractivity contribution in [2.75, 3.05) is 6.54 Å². The molecule has 112 valence electrons. The number of hydrogen-bond acceptors (Lipinski definition) is 3. The highest BCUT2D eigenvalue weighted by molar-refractivity contribution is 6.31. The van der Waals surface area contributed by atoms with E-state index in [1.807, 2.05) is 19.9 Å². The van der Waals surface area contributed by atoms with Crippen LogP contribution in [-0.4, -0.2) is 11.5 Å². The minimum Gasteiger partial charge on any atom is -0.438 e. The molecule has 1 aromatic carbocycles. The lowest BCUT2D eigenvalue weighted by Crippen LogP contribution is -2.13. The van der Waals surface area contributed by atoms with E-state index in [1.54, 1.807) is 6.07 Å². The molecule has 0 amide bonds. The van der Waals surface area contributed by atoms with Gasteiger partial charge in [0.15, 0.2) is 0 Å². The van der Waals surface area contributed by atoms with Gasteiger partial charge in [-0.2, -0.15) is 0 Å². The first-order valence-electron chi connectivity index (χ1n) is 7.13. The minimum absolute atomic E-state index is 0.573. The van der Waals surface area contributed by atoms with Crippen LogP contribution in [0.2, 0.25) is 5.02 Å². The van der Waals surface area contributed by atoms with Crippen LogP contribution in [0.1, 0.15) is 29.3 Å². The molecular weight excluding hydrogens is 284 g/mol. The molecule has 3 nitrogen and oxygen atoms in total. The van der Waals surface area contributed by atoms with Crippen molar-refractivity contribution in [1.29, 1.82) is 0 Å². The van der Waals surface area contributed by atoms with Crippen molar-refractivity contribution in [3.63, 3.8) is 0 Å². The topological polar surface area (TPSA) is 34.2 Å². The number of pyridine rings is 1. The summed E-state index contributed by atoms with van der Waals surface area (Å²) in [5.74, 6) is 1.45. The van der Waals surface area contributed by atoms with Crippen LogP contribution in [0.25, 0.3) is 0 Å². The molecule has 0 aliphatic heterocycles. The van der Waals surface area contributed by atoms with Crippen molar-refractivity contribution in [3.8, 4) is 11.6 Å². The van der Waals surface area contributed by atoms with E-state index in [9.17, 15) is 0 Å². The Morgan fingerprint density at radius 2 is 1.81 bits per heavy atom. The molecule has 0 spiro atoms. The first-order chi connectivity index (χ1) is 10.0. The van der Waals surface area contributed by atoms with Gasteiger partial charge in [0, 0.05) is 12.6 Å². The van der Waals surface area contributed by atoms with Gasteiger partial charge in [-0.05, 0) is 50.1 Å². The number of ether oxygens (including phenoxy) is 1. The van der Waals surface area contributed by atoms with Crippen LogP contribution in [0.3, 0.4) is 0 Å². The van der Waals surface area contributed by atoms with Crippen molar-refractivity contribution in [3.05, 3.63) is 51.7 Å². The van der Waals surface area contributed by atoms with Gasteiger partial charge >= 0.3 is 0 Å². The maximum atomic E-state index is 6.16. The van der Waals surface area contributed by atoms with Crippen LogP contribution in [0, 0.1) is 20.8 Å². The number of hydrogen-bond donors (Lipinski definition) is 1. The minimum atomic E-state index is 0.573. The third-order valence-corrected chi connectivity index (χ3v) is 3.86. The zero-order valence-electron chi connectivity index (χ0n) is 13.0. The summed E-state index contributed by atoms with van der Waals surface area (Å²) in [6.45, 7) is 9.74. The molecule has 1 aromatic heterocycles. The second kappa shape index (κ2) is 6.92. The molecule has 2 aromatic rings. The van der Waals surface area contributed by atoms with E-state index in [2.05, 4.69) is 36.3 Å². The highest BCUT2D eigenvalue weighted by atomic mass is 35.5. The fourth-order valence-corrected chi connectivity index (χ4v) is 2.25.